The number of rotatable bonds is 8. The minimum atomic E-state index is -0.264. The smallest absolute Gasteiger partial charge is 0.350 e. The minimum absolute atomic E-state index is 0.264. The second kappa shape index (κ2) is 8.21. The molecule has 0 fully saturated rings. The maximum Gasteiger partial charge on any atom is 0.350 e. The third-order valence-corrected chi connectivity index (χ3v) is 3.84. The fraction of sp³-hybridized carbons (Fsp3) is 0.692. The molecule has 1 heterocycles. The minimum Gasteiger partial charge on any atom is -0.461 e. The van der Waals surface area contributed by atoms with E-state index < -0.39 is 0 Å². The summed E-state index contributed by atoms with van der Waals surface area (Å²) < 4.78 is 5.24. The van der Waals surface area contributed by atoms with E-state index in [1.54, 1.807) is 0 Å². The van der Waals surface area contributed by atoms with Crippen molar-refractivity contribution < 1.29 is 9.53 Å². The summed E-state index contributed by atoms with van der Waals surface area (Å²) in [5.74, 6) is -0.264. The Morgan fingerprint density at radius 2 is 2.06 bits per heavy atom. The van der Waals surface area contributed by atoms with Gasteiger partial charge in [0.15, 0.2) is 0 Å². The number of thiazole rings is 1. The first-order valence-corrected chi connectivity index (χ1v) is 7.34. The van der Waals surface area contributed by atoms with Crippen LogP contribution >= 0.6 is 11.3 Å². The van der Waals surface area contributed by atoms with Crippen molar-refractivity contribution in [2.75, 3.05) is 6.61 Å². The average Bonchev–Trinajstić information content (AvgIpc) is 2.75. The van der Waals surface area contributed by atoms with E-state index in [0.29, 0.717) is 18.0 Å². The van der Waals surface area contributed by atoms with Crippen molar-refractivity contribution in [1.29, 1.82) is 0 Å². The summed E-state index contributed by atoms with van der Waals surface area (Å²) in [6.07, 6.45) is 5.75. The van der Waals surface area contributed by atoms with Crippen LogP contribution in [0.4, 0.5) is 0 Å². The van der Waals surface area contributed by atoms with E-state index in [1.165, 1.54) is 30.6 Å². The Morgan fingerprint density at radius 3 is 2.67 bits per heavy atom. The second-order valence-corrected chi connectivity index (χ2v) is 5.36. The van der Waals surface area contributed by atoms with Crippen LogP contribution in [0.2, 0.25) is 0 Å². The molecular weight excluding hydrogens is 248 g/mol. The first-order valence-electron chi connectivity index (χ1n) is 6.52. The molecule has 5 heteroatoms. The molecule has 0 aliphatic heterocycles. The molecule has 1 rings (SSSR count). The molecule has 0 saturated carbocycles. The van der Waals surface area contributed by atoms with Crippen molar-refractivity contribution in [3.8, 4) is 0 Å². The van der Waals surface area contributed by atoms with Crippen LogP contribution in [0.15, 0.2) is 0 Å². The van der Waals surface area contributed by atoms with Gasteiger partial charge in [0.05, 0.1) is 12.3 Å². The normalized spacial score (nSPS) is 10.6. The number of nitrogens with zero attached hydrogens (tertiary/aromatic N) is 1. The molecule has 4 nitrogen and oxygen atoms in total. The van der Waals surface area contributed by atoms with Crippen LogP contribution in [0, 0.1) is 6.92 Å². The molecule has 0 atom stereocenters. The van der Waals surface area contributed by atoms with Gasteiger partial charge in [-0.05, 0) is 13.3 Å². The van der Waals surface area contributed by atoms with Crippen molar-refractivity contribution in [3.05, 3.63) is 15.6 Å². The molecular formula is C13H22N2O2S. The predicted molar refractivity (Wildman–Crippen MR) is 73.8 cm³/mol. The van der Waals surface area contributed by atoms with Gasteiger partial charge in [0, 0.05) is 6.54 Å². The number of hydrogen-bond acceptors (Lipinski definition) is 5. The highest BCUT2D eigenvalue weighted by molar-refractivity contribution is 7.13. The first kappa shape index (κ1) is 15.1. The fourth-order valence-electron chi connectivity index (χ4n) is 1.67. The second-order valence-electron chi connectivity index (χ2n) is 4.28. The summed E-state index contributed by atoms with van der Waals surface area (Å²) >= 11 is 1.33. The number of esters is 1. The Labute approximate surface area is 113 Å². The molecule has 0 aromatic carbocycles. The van der Waals surface area contributed by atoms with E-state index in [-0.39, 0.29) is 5.97 Å². The summed E-state index contributed by atoms with van der Waals surface area (Å²) in [7, 11) is 0. The predicted octanol–water partition coefficient (Wildman–Crippen LogP) is 3.04. The Bertz CT molecular complexity index is 377. The first-order chi connectivity index (χ1) is 8.69. The van der Waals surface area contributed by atoms with Crippen LogP contribution in [0.1, 0.15) is 59.4 Å². The molecule has 18 heavy (non-hydrogen) atoms. The van der Waals surface area contributed by atoms with E-state index in [4.69, 9.17) is 10.5 Å². The topological polar surface area (TPSA) is 65.2 Å². The van der Waals surface area contributed by atoms with E-state index in [9.17, 15) is 4.79 Å². The summed E-state index contributed by atoms with van der Waals surface area (Å²) in [5.41, 5.74) is 6.22. The van der Waals surface area contributed by atoms with Crippen molar-refractivity contribution >= 4 is 17.3 Å². The van der Waals surface area contributed by atoms with Gasteiger partial charge in [-0.1, -0.05) is 32.6 Å². The van der Waals surface area contributed by atoms with E-state index in [2.05, 4.69) is 11.9 Å². The van der Waals surface area contributed by atoms with Crippen LogP contribution in [0.3, 0.4) is 0 Å². The number of carbonyl (C=O) groups excluding carboxylic acids is 1. The van der Waals surface area contributed by atoms with Gasteiger partial charge < -0.3 is 10.5 Å². The quantitative estimate of drug-likeness (QED) is 0.582. The van der Waals surface area contributed by atoms with E-state index in [0.717, 1.165) is 23.5 Å². The van der Waals surface area contributed by atoms with Gasteiger partial charge in [-0.2, -0.15) is 0 Å². The highest BCUT2D eigenvalue weighted by Gasteiger charge is 2.15. The SMILES string of the molecule is CCCCCCCOC(=O)c1sc(CN)nc1C. The maximum absolute atomic E-state index is 11.8. The lowest BCUT2D eigenvalue weighted by Crippen LogP contribution is -2.06. The van der Waals surface area contributed by atoms with Crippen molar-refractivity contribution in [2.45, 2.75) is 52.5 Å². The van der Waals surface area contributed by atoms with Crippen molar-refractivity contribution in [1.82, 2.24) is 4.98 Å². The van der Waals surface area contributed by atoms with Crippen LogP contribution < -0.4 is 5.73 Å². The Kier molecular flexibility index (Phi) is 6.90. The van der Waals surface area contributed by atoms with Crippen LogP contribution in [0.25, 0.3) is 0 Å². The molecule has 1 aromatic heterocycles. The van der Waals surface area contributed by atoms with Crippen LogP contribution in [-0.2, 0) is 11.3 Å². The Balaban J connectivity index is 2.29. The number of aryl methyl sites for hydroxylation is 1. The van der Waals surface area contributed by atoms with Crippen LogP contribution in [0.5, 0.6) is 0 Å². The zero-order chi connectivity index (χ0) is 13.4. The molecule has 0 aliphatic carbocycles. The van der Waals surface area contributed by atoms with Gasteiger partial charge >= 0.3 is 5.97 Å². The van der Waals surface area contributed by atoms with Crippen LogP contribution in [-0.4, -0.2) is 17.6 Å². The number of ether oxygens (including phenoxy) is 1. The Morgan fingerprint density at radius 1 is 1.33 bits per heavy atom. The lowest BCUT2D eigenvalue weighted by molar-refractivity contribution is 0.0502. The number of aromatic nitrogens is 1. The van der Waals surface area contributed by atoms with E-state index in [1.807, 2.05) is 6.92 Å². The number of unbranched alkanes of at least 4 members (excludes halogenated alkanes) is 4. The van der Waals surface area contributed by atoms with Gasteiger partial charge in [-0.15, -0.1) is 11.3 Å². The zero-order valence-electron chi connectivity index (χ0n) is 11.2. The average molecular weight is 270 g/mol. The van der Waals surface area contributed by atoms with Gasteiger partial charge in [0.25, 0.3) is 0 Å². The molecule has 0 aliphatic rings. The molecule has 0 unspecified atom stereocenters. The van der Waals surface area contributed by atoms with Gasteiger partial charge in [-0.3, -0.25) is 0 Å². The van der Waals surface area contributed by atoms with Crippen molar-refractivity contribution in [2.24, 2.45) is 5.73 Å². The highest BCUT2D eigenvalue weighted by Crippen LogP contribution is 2.18. The molecule has 0 bridgehead atoms. The summed E-state index contributed by atoms with van der Waals surface area (Å²) in [6.45, 7) is 4.86. The molecule has 0 saturated heterocycles. The molecule has 0 radical (unpaired) electrons. The molecule has 1 aromatic rings. The van der Waals surface area contributed by atoms with Crippen molar-refractivity contribution in [3.63, 3.8) is 0 Å². The van der Waals surface area contributed by atoms with Gasteiger partial charge in [-0.25, -0.2) is 9.78 Å². The van der Waals surface area contributed by atoms with Gasteiger partial charge in [0.1, 0.15) is 9.88 Å². The summed E-state index contributed by atoms with van der Waals surface area (Å²) in [6, 6.07) is 0. The Hall–Kier alpha value is -0.940. The highest BCUT2D eigenvalue weighted by atomic mass is 32.1. The largest absolute Gasteiger partial charge is 0.461 e. The monoisotopic (exact) mass is 270 g/mol. The summed E-state index contributed by atoms with van der Waals surface area (Å²) in [4.78, 5) is 16.6. The third-order valence-electron chi connectivity index (χ3n) is 2.68. The molecule has 2 N–H and O–H groups in total. The third kappa shape index (κ3) is 4.74. The van der Waals surface area contributed by atoms with E-state index >= 15 is 0 Å². The lowest BCUT2D eigenvalue weighted by Gasteiger charge is -2.03. The number of hydrogen-bond donors (Lipinski definition) is 1. The number of carbonyl (C=O) groups is 1. The van der Waals surface area contributed by atoms with Gasteiger partial charge in [0.2, 0.25) is 0 Å². The lowest BCUT2D eigenvalue weighted by atomic mass is 10.2. The molecule has 0 amide bonds. The molecule has 0 spiro atoms. The number of nitrogens with two attached hydrogens (primary N) is 1. The zero-order valence-corrected chi connectivity index (χ0v) is 12.0. The summed E-state index contributed by atoms with van der Waals surface area (Å²) in [5, 5.41) is 0.780. The molecule has 102 valence electrons. The fourth-order valence-corrected chi connectivity index (χ4v) is 2.50. The maximum atomic E-state index is 11.8. The standard InChI is InChI=1S/C13H22N2O2S/c1-3-4-5-6-7-8-17-13(16)12-10(2)15-11(9-14)18-12/h3-9,14H2,1-2H3.